The van der Waals surface area contributed by atoms with Crippen LogP contribution in [0.5, 0.6) is 0 Å². The molecule has 1 N–H and O–H groups in total. The van der Waals surface area contributed by atoms with E-state index in [1.165, 1.54) is 32.1 Å². The van der Waals surface area contributed by atoms with Gasteiger partial charge in [0.15, 0.2) is 4.60 Å². The Labute approximate surface area is 104 Å². The molecule has 0 amide bonds. The first-order chi connectivity index (χ1) is 7.68. The summed E-state index contributed by atoms with van der Waals surface area (Å²) in [6, 6.07) is 0. The smallest absolute Gasteiger partial charge is 0.154 e. The molecule has 1 fully saturated rings. The Kier molecular flexibility index (Phi) is 3.97. The highest BCUT2D eigenvalue weighted by atomic mass is 79.9. The van der Waals surface area contributed by atoms with E-state index in [1.807, 2.05) is 7.05 Å². The number of rotatable bonds is 3. The van der Waals surface area contributed by atoms with Crippen molar-refractivity contribution in [3.05, 3.63) is 10.3 Å². The number of aliphatic hydroxyl groups excluding tert-OH is 1. The molecule has 0 aromatic carbocycles. The van der Waals surface area contributed by atoms with Crippen molar-refractivity contribution in [1.29, 1.82) is 0 Å². The Morgan fingerprint density at radius 3 is 2.69 bits per heavy atom. The van der Waals surface area contributed by atoms with Crippen molar-refractivity contribution in [3.63, 3.8) is 0 Å². The average molecular weight is 288 g/mol. The number of halogens is 1. The third-order valence-electron chi connectivity index (χ3n) is 3.42. The minimum absolute atomic E-state index is 0.447. The second-order valence-corrected chi connectivity index (χ2v) is 5.40. The Hall–Kier alpha value is -0.420. The van der Waals surface area contributed by atoms with Crippen molar-refractivity contribution in [3.8, 4) is 0 Å². The maximum absolute atomic E-state index is 10.2. The van der Waals surface area contributed by atoms with Crippen LogP contribution in [-0.2, 0) is 7.05 Å². The highest BCUT2D eigenvalue weighted by Crippen LogP contribution is 2.33. The fourth-order valence-electron chi connectivity index (χ4n) is 2.54. The summed E-state index contributed by atoms with van der Waals surface area (Å²) >= 11 is 3.33. The summed E-state index contributed by atoms with van der Waals surface area (Å²) in [5.41, 5.74) is 0.797. The molecule has 1 unspecified atom stereocenters. The van der Waals surface area contributed by atoms with Crippen LogP contribution < -0.4 is 0 Å². The van der Waals surface area contributed by atoms with Gasteiger partial charge in [0.1, 0.15) is 5.69 Å². The molecule has 90 valence electrons. The summed E-state index contributed by atoms with van der Waals surface area (Å²) in [5.74, 6) is 0.658. The van der Waals surface area contributed by atoms with E-state index in [9.17, 15) is 5.11 Å². The molecule has 5 heteroatoms. The Morgan fingerprint density at radius 2 is 2.12 bits per heavy atom. The lowest BCUT2D eigenvalue weighted by molar-refractivity contribution is 0.123. The maximum Gasteiger partial charge on any atom is 0.154 e. The predicted octanol–water partition coefficient (Wildman–Crippen LogP) is 2.58. The summed E-state index contributed by atoms with van der Waals surface area (Å²) < 4.78 is 2.32. The quantitative estimate of drug-likeness (QED) is 0.930. The minimum atomic E-state index is -0.447. The van der Waals surface area contributed by atoms with E-state index in [4.69, 9.17) is 0 Å². The molecule has 0 aliphatic heterocycles. The molecule has 0 saturated heterocycles. The third-order valence-corrected chi connectivity index (χ3v) is 3.99. The Bertz CT molecular complexity index is 327. The van der Waals surface area contributed by atoms with Crippen molar-refractivity contribution in [2.45, 2.75) is 44.6 Å². The van der Waals surface area contributed by atoms with Crippen LogP contribution in [0.15, 0.2) is 4.60 Å². The lowest BCUT2D eigenvalue weighted by Crippen LogP contribution is -2.13. The summed E-state index contributed by atoms with van der Waals surface area (Å²) in [7, 11) is 1.82. The van der Waals surface area contributed by atoms with Crippen molar-refractivity contribution >= 4 is 15.9 Å². The average Bonchev–Trinajstić information content (AvgIpc) is 2.60. The lowest BCUT2D eigenvalue weighted by atomic mass is 9.85. The number of hydrogen-bond acceptors (Lipinski definition) is 3. The van der Waals surface area contributed by atoms with Gasteiger partial charge in [0.05, 0.1) is 6.10 Å². The topological polar surface area (TPSA) is 50.9 Å². The van der Waals surface area contributed by atoms with Crippen molar-refractivity contribution in [1.82, 2.24) is 15.0 Å². The van der Waals surface area contributed by atoms with Crippen molar-refractivity contribution < 1.29 is 5.11 Å². The fraction of sp³-hybridized carbons (Fsp3) is 0.818. The van der Waals surface area contributed by atoms with E-state index in [1.54, 1.807) is 4.68 Å². The van der Waals surface area contributed by atoms with Gasteiger partial charge in [-0.05, 0) is 28.3 Å². The second kappa shape index (κ2) is 5.27. The first-order valence-corrected chi connectivity index (χ1v) is 6.71. The van der Waals surface area contributed by atoms with E-state index in [0.29, 0.717) is 10.5 Å². The van der Waals surface area contributed by atoms with Gasteiger partial charge < -0.3 is 5.11 Å². The van der Waals surface area contributed by atoms with Gasteiger partial charge in [0.25, 0.3) is 0 Å². The molecule has 1 aromatic heterocycles. The Balaban J connectivity index is 1.99. The molecule has 1 heterocycles. The molecule has 4 nitrogen and oxygen atoms in total. The highest BCUT2D eigenvalue weighted by Gasteiger charge is 2.23. The molecule has 1 aromatic rings. The molecular weight excluding hydrogens is 270 g/mol. The fourth-order valence-corrected chi connectivity index (χ4v) is 3.13. The first-order valence-electron chi connectivity index (χ1n) is 5.91. The van der Waals surface area contributed by atoms with Crippen LogP contribution in [0.2, 0.25) is 0 Å². The van der Waals surface area contributed by atoms with Crippen LogP contribution in [-0.4, -0.2) is 20.1 Å². The molecule has 1 atom stereocenters. The SMILES string of the molecule is Cn1nnc(Br)c1C(O)CC1CCCCC1. The van der Waals surface area contributed by atoms with E-state index in [0.717, 1.165) is 12.1 Å². The molecule has 16 heavy (non-hydrogen) atoms. The Morgan fingerprint density at radius 1 is 1.44 bits per heavy atom. The van der Waals surface area contributed by atoms with Gasteiger partial charge in [0, 0.05) is 7.05 Å². The molecule has 1 aliphatic carbocycles. The van der Waals surface area contributed by atoms with Gasteiger partial charge in [-0.25, -0.2) is 4.68 Å². The zero-order valence-corrected chi connectivity index (χ0v) is 11.2. The summed E-state index contributed by atoms with van der Waals surface area (Å²) in [4.78, 5) is 0. The lowest BCUT2D eigenvalue weighted by Gasteiger charge is -2.23. The molecular formula is C11H18BrN3O. The van der Waals surface area contributed by atoms with Gasteiger partial charge in [-0.2, -0.15) is 0 Å². The second-order valence-electron chi connectivity index (χ2n) is 4.64. The van der Waals surface area contributed by atoms with Crippen LogP contribution in [0.1, 0.15) is 50.3 Å². The largest absolute Gasteiger partial charge is 0.387 e. The van der Waals surface area contributed by atoms with E-state index in [2.05, 4.69) is 26.2 Å². The number of aryl methyl sites for hydroxylation is 1. The van der Waals surface area contributed by atoms with Crippen molar-refractivity contribution in [2.24, 2.45) is 13.0 Å². The third kappa shape index (κ3) is 2.63. The van der Waals surface area contributed by atoms with Gasteiger partial charge >= 0.3 is 0 Å². The highest BCUT2D eigenvalue weighted by molar-refractivity contribution is 9.10. The van der Waals surface area contributed by atoms with Crippen molar-refractivity contribution in [2.75, 3.05) is 0 Å². The minimum Gasteiger partial charge on any atom is -0.387 e. The van der Waals surface area contributed by atoms with Crippen LogP contribution in [0.25, 0.3) is 0 Å². The molecule has 1 saturated carbocycles. The number of aliphatic hydroxyl groups is 1. The van der Waals surface area contributed by atoms with Crippen LogP contribution >= 0.6 is 15.9 Å². The first kappa shape index (κ1) is 12.0. The standard InChI is InChI=1S/C11H18BrN3O/c1-15-10(11(12)13-14-15)9(16)7-8-5-3-2-4-6-8/h8-9,16H,2-7H2,1H3. The van der Waals surface area contributed by atoms with Gasteiger partial charge in [-0.1, -0.05) is 37.3 Å². The van der Waals surface area contributed by atoms with Gasteiger partial charge in [0.2, 0.25) is 0 Å². The zero-order chi connectivity index (χ0) is 11.5. The maximum atomic E-state index is 10.2. The van der Waals surface area contributed by atoms with Gasteiger partial charge in [-0.15, -0.1) is 5.10 Å². The summed E-state index contributed by atoms with van der Waals surface area (Å²) in [5, 5.41) is 18.0. The predicted molar refractivity (Wildman–Crippen MR) is 64.9 cm³/mol. The van der Waals surface area contributed by atoms with E-state index in [-0.39, 0.29) is 0 Å². The molecule has 1 aliphatic rings. The summed E-state index contributed by atoms with van der Waals surface area (Å²) in [6.45, 7) is 0. The normalized spacial score (nSPS) is 19.9. The molecule has 0 bridgehead atoms. The van der Waals surface area contributed by atoms with Crippen LogP contribution in [0.4, 0.5) is 0 Å². The van der Waals surface area contributed by atoms with Gasteiger partial charge in [-0.3, -0.25) is 0 Å². The zero-order valence-electron chi connectivity index (χ0n) is 9.56. The van der Waals surface area contributed by atoms with E-state index < -0.39 is 6.10 Å². The number of nitrogens with zero attached hydrogens (tertiary/aromatic N) is 3. The molecule has 0 radical (unpaired) electrons. The molecule has 2 rings (SSSR count). The number of hydrogen-bond donors (Lipinski definition) is 1. The molecule has 0 spiro atoms. The monoisotopic (exact) mass is 287 g/mol. The number of aromatic nitrogens is 3. The van der Waals surface area contributed by atoms with E-state index >= 15 is 0 Å². The summed E-state index contributed by atoms with van der Waals surface area (Å²) in [6.07, 6.45) is 6.85. The van der Waals surface area contributed by atoms with Crippen LogP contribution in [0.3, 0.4) is 0 Å². The van der Waals surface area contributed by atoms with Crippen LogP contribution in [0, 0.1) is 5.92 Å².